The van der Waals surface area contributed by atoms with Crippen LogP contribution in [0.15, 0.2) is 47.0 Å². The van der Waals surface area contributed by atoms with Gasteiger partial charge in [-0.15, -0.1) is 0 Å². The summed E-state index contributed by atoms with van der Waals surface area (Å²) in [5.74, 6) is -7.02. The second-order valence-electron chi connectivity index (χ2n) is 15.5. The average Bonchev–Trinajstić information content (AvgIpc) is 3.31. The van der Waals surface area contributed by atoms with E-state index in [9.17, 15) is 75.3 Å². The van der Waals surface area contributed by atoms with Crippen LogP contribution in [0.2, 0.25) is 0 Å². The molecule has 3 fully saturated rings. The molecule has 0 saturated carbocycles. The van der Waals surface area contributed by atoms with E-state index in [0.717, 1.165) is 26.7 Å². The number of aliphatic hydroxyl groups is 11. The molecule has 0 aromatic heterocycles. The highest BCUT2D eigenvalue weighted by molar-refractivity contribution is 5.91. The Labute approximate surface area is 375 Å². The number of esters is 4. The van der Waals surface area contributed by atoms with Gasteiger partial charge in [0, 0.05) is 23.0 Å². The topological polar surface area (TPSA) is 392 Å². The second-order valence-corrected chi connectivity index (χ2v) is 15.5. The molecule has 0 aromatic rings. The molecule has 0 spiro atoms. The molecule has 0 aliphatic carbocycles. The molecule has 5 heterocycles. The summed E-state index contributed by atoms with van der Waals surface area (Å²) in [6, 6.07) is 0. The largest absolute Gasteiger partial charge is 0.468 e. The Balaban J connectivity index is 1.35. The minimum absolute atomic E-state index is 0.0233. The Morgan fingerprint density at radius 1 is 0.530 bits per heavy atom. The van der Waals surface area contributed by atoms with E-state index in [-0.39, 0.29) is 22.3 Å². The van der Waals surface area contributed by atoms with Gasteiger partial charge in [0.05, 0.1) is 70.6 Å². The van der Waals surface area contributed by atoms with E-state index in [4.69, 9.17) is 52.1 Å². The van der Waals surface area contributed by atoms with E-state index in [0.29, 0.717) is 0 Å². The van der Waals surface area contributed by atoms with Crippen molar-refractivity contribution in [3.8, 4) is 0 Å². The lowest BCUT2D eigenvalue weighted by Crippen LogP contribution is -2.61. The van der Waals surface area contributed by atoms with Crippen LogP contribution in [0, 0.1) is 11.8 Å². The smallest absolute Gasteiger partial charge is 0.337 e. The Kier molecular flexibility index (Phi) is 18.6. The van der Waals surface area contributed by atoms with E-state index in [1.165, 1.54) is 26.0 Å². The molecule has 66 heavy (non-hydrogen) atoms. The molecule has 26 nitrogen and oxygen atoms in total. The van der Waals surface area contributed by atoms with Crippen molar-refractivity contribution in [1.82, 2.24) is 0 Å². The molecule has 0 amide bonds. The van der Waals surface area contributed by atoms with Gasteiger partial charge in [-0.05, 0) is 13.8 Å². The van der Waals surface area contributed by atoms with Gasteiger partial charge >= 0.3 is 23.9 Å². The van der Waals surface area contributed by atoms with Crippen LogP contribution < -0.4 is 0 Å². The van der Waals surface area contributed by atoms with E-state index in [1.54, 1.807) is 0 Å². The summed E-state index contributed by atoms with van der Waals surface area (Å²) >= 11 is 0. The zero-order valence-electron chi connectivity index (χ0n) is 35.9. The molecule has 5 aliphatic rings. The highest BCUT2D eigenvalue weighted by Crippen LogP contribution is 2.39. The number of aliphatic hydroxyl groups excluding tert-OH is 11. The number of methoxy groups -OCH3 is 2. The van der Waals surface area contributed by atoms with Crippen molar-refractivity contribution < 1.29 is 127 Å². The SMILES string of the molecule is C/C=C1\[C@H](O[C@@H]2O[C@H](CO)[C@@H](O)[C@H](O)[C@H]2O)OC=C(C(=O)OC)[C@H]1CC(=O)O[C@@H]1O[C@H](CO)[C@@H](O)[C@H](O)[C@H]1OC(=O)C[C@@H]1C(C(=O)OC)=CO[C@@H](O[C@@H]2O[C@H](CO)[C@@H](O)[C@H](O)[C@H]2O)/C1=C\C. The number of hydrogen-bond donors (Lipinski definition) is 11. The maximum absolute atomic E-state index is 13.8. The first-order chi connectivity index (χ1) is 31.4. The molecule has 372 valence electrons. The zero-order valence-corrected chi connectivity index (χ0v) is 35.9. The van der Waals surface area contributed by atoms with Gasteiger partial charge in [-0.2, -0.15) is 0 Å². The lowest BCUT2D eigenvalue weighted by molar-refractivity contribution is -0.328. The predicted octanol–water partition coefficient (Wildman–Crippen LogP) is -5.75. The molecule has 5 rings (SSSR count). The summed E-state index contributed by atoms with van der Waals surface area (Å²) in [7, 11) is 2.08. The normalized spacial score (nSPS) is 40.6. The van der Waals surface area contributed by atoms with Gasteiger partial charge in [-0.1, -0.05) is 12.2 Å². The third-order valence-corrected chi connectivity index (χ3v) is 11.5. The quantitative estimate of drug-likeness (QED) is 0.0414. The maximum Gasteiger partial charge on any atom is 0.337 e. The van der Waals surface area contributed by atoms with Crippen LogP contribution in [0.4, 0.5) is 0 Å². The number of rotatable bonds is 15. The van der Waals surface area contributed by atoms with Gasteiger partial charge in [0.1, 0.15) is 67.1 Å². The number of allylic oxidation sites excluding steroid dienone is 2. The molecular formula is C40H56O26. The molecule has 0 unspecified atom stereocenters. The summed E-state index contributed by atoms with van der Waals surface area (Å²) in [4.78, 5) is 53.5. The number of hydrogen-bond acceptors (Lipinski definition) is 26. The Hall–Kier alpha value is -4.20. The standard InChI is InChI=1S/C40H56O26/c1-5-14-16(18(34(54)56-3)12-58-36(14)65-38-31(52)28(49)25(46)20(9-41)60-38)7-23(44)63-33-30(51)27(48)22(11-43)62-40(33)64-24(45)8-17-15(6-2)37(59-13-19(17)35(55)57-4)66-39-32(53)29(50)26(47)21(10-42)61-39/h5-6,12-13,16-17,20-22,25-33,36-43,46-53H,7-11H2,1-4H3/b14-5-,15-6-/t16-,17-,20+,21+,22+,25+,26+,27+,28-,29-,30-,31+,32+,33+,36-,37-,38-,39-,40-/m0/s1. The van der Waals surface area contributed by atoms with Crippen molar-refractivity contribution in [1.29, 1.82) is 0 Å². The lowest BCUT2D eigenvalue weighted by Gasteiger charge is -2.42. The fourth-order valence-corrected chi connectivity index (χ4v) is 7.84. The molecular weight excluding hydrogens is 896 g/mol. The first kappa shape index (κ1) is 52.8. The summed E-state index contributed by atoms with van der Waals surface area (Å²) in [6.07, 6.45) is -26.9. The van der Waals surface area contributed by atoms with Crippen molar-refractivity contribution in [2.24, 2.45) is 11.8 Å². The Bertz CT molecular complexity index is 1830. The van der Waals surface area contributed by atoms with Gasteiger partial charge in [0.25, 0.3) is 0 Å². The highest BCUT2D eigenvalue weighted by atomic mass is 16.8. The van der Waals surface area contributed by atoms with E-state index >= 15 is 0 Å². The fourth-order valence-electron chi connectivity index (χ4n) is 7.84. The number of carbonyl (C=O) groups is 4. The van der Waals surface area contributed by atoms with Crippen molar-refractivity contribution in [2.75, 3.05) is 34.0 Å². The van der Waals surface area contributed by atoms with Crippen LogP contribution in [-0.4, -0.2) is 219 Å². The van der Waals surface area contributed by atoms with Crippen LogP contribution in [0.3, 0.4) is 0 Å². The van der Waals surface area contributed by atoms with Crippen molar-refractivity contribution in [3.05, 3.63) is 47.0 Å². The van der Waals surface area contributed by atoms with Crippen molar-refractivity contribution in [3.63, 3.8) is 0 Å². The van der Waals surface area contributed by atoms with Crippen LogP contribution in [-0.2, 0) is 71.3 Å². The van der Waals surface area contributed by atoms with E-state index in [2.05, 4.69) is 0 Å². The van der Waals surface area contributed by atoms with Crippen LogP contribution in [0.1, 0.15) is 26.7 Å². The molecule has 0 aromatic carbocycles. The first-order valence-corrected chi connectivity index (χ1v) is 20.5. The second kappa shape index (κ2) is 23.2. The summed E-state index contributed by atoms with van der Waals surface area (Å²) in [6.45, 7) is 0.431. The molecule has 0 bridgehead atoms. The molecule has 19 atom stereocenters. The monoisotopic (exact) mass is 952 g/mol. The van der Waals surface area contributed by atoms with Gasteiger partial charge in [0.15, 0.2) is 18.7 Å². The van der Waals surface area contributed by atoms with Crippen molar-refractivity contribution >= 4 is 23.9 Å². The first-order valence-electron chi connectivity index (χ1n) is 20.5. The van der Waals surface area contributed by atoms with Gasteiger partial charge in [0.2, 0.25) is 18.9 Å². The number of ether oxygens (including phenoxy) is 11. The zero-order chi connectivity index (χ0) is 48.7. The minimum atomic E-state index is -2.09. The summed E-state index contributed by atoms with van der Waals surface area (Å²) < 4.78 is 59.8. The van der Waals surface area contributed by atoms with E-state index < -0.39 is 173 Å². The number of carbonyl (C=O) groups excluding carboxylic acids is 4. The highest BCUT2D eigenvalue weighted by Gasteiger charge is 2.52. The van der Waals surface area contributed by atoms with Crippen LogP contribution in [0.25, 0.3) is 0 Å². The van der Waals surface area contributed by atoms with Crippen molar-refractivity contribution in [2.45, 2.75) is 131 Å². The summed E-state index contributed by atoms with van der Waals surface area (Å²) in [5.41, 5.74) is -0.468. The Morgan fingerprint density at radius 2 is 0.894 bits per heavy atom. The molecule has 26 heteroatoms. The molecule has 0 radical (unpaired) electrons. The van der Waals surface area contributed by atoms with Gasteiger partial charge < -0.3 is 108 Å². The third-order valence-electron chi connectivity index (χ3n) is 11.5. The maximum atomic E-state index is 13.8. The lowest BCUT2D eigenvalue weighted by atomic mass is 9.86. The van der Waals surface area contributed by atoms with Gasteiger partial charge in [-0.3, -0.25) is 9.59 Å². The molecule has 11 N–H and O–H groups in total. The molecule has 5 aliphatic heterocycles. The minimum Gasteiger partial charge on any atom is -0.468 e. The Morgan fingerprint density at radius 3 is 1.26 bits per heavy atom. The predicted molar refractivity (Wildman–Crippen MR) is 207 cm³/mol. The van der Waals surface area contributed by atoms with Crippen LogP contribution >= 0.6 is 0 Å². The molecule has 3 saturated heterocycles. The van der Waals surface area contributed by atoms with E-state index in [1.807, 2.05) is 0 Å². The van der Waals surface area contributed by atoms with Crippen LogP contribution in [0.5, 0.6) is 0 Å². The van der Waals surface area contributed by atoms with Gasteiger partial charge in [-0.25, -0.2) is 9.59 Å². The third kappa shape index (κ3) is 11.2. The summed E-state index contributed by atoms with van der Waals surface area (Å²) in [5, 5.41) is 113. The fraction of sp³-hybridized carbons (Fsp3) is 0.700. The average molecular weight is 953 g/mol.